The van der Waals surface area contributed by atoms with Crippen LogP contribution in [0, 0.1) is 23.0 Å². The zero-order valence-electron chi connectivity index (χ0n) is 25.7. The first-order valence-electron chi connectivity index (χ1n) is 14.5. The zero-order valence-corrected chi connectivity index (χ0v) is 26.6. The monoisotopic (exact) mass is 637 g/mol. The number of amides is 1. The number of nitrogens with one attached hydrogen (secondary N) is 1. The molecule has 0 spiro atoms. The van der Waals surface area contributed by atoms with Gasteiger partial charge in [0.25, 0.3) is 0 Å². The van der Waals surface area contributed by atoms with Crippen LogP contribution in [0.15, 0.2) is 12.4 Å². The van der Waals surface area contributed by atoms with Crippen LogP contribution in [0.1, 0.15) is 51.3 Å². The van der Waals surface area contributed by atoms with Crippen LogP contribution >= 0.6 is 11.3 Å². The zero-order chi connectivity index (χ0) is 32.4. The van der Waals surface area contributed by atoms with E-state index >= 15 is 8.78 Å². The highest BCUT2D eigenvalue weighted by atomic mass is 32.1. The van der Waals surface area contributed by atoms with Crippen molar-refractivity contribution in [2.24, 2.45) is 0 Å². The summed E-state index contributed by atoms with van der Waals surface area (Å²) >= 11 is 0.842. The predicted molar refractivity (Wildman–Crippen MR) is 166 cm³/mol. The first-order valence-corrected chi connectivity index (χ1v) is 15.3. The van der Waals surface area contributed by atoms with Crippen molar-refractivity contribution in [3.05, 3.63) is 40.7 Å². The summed E-state index contributed by atoms with van der Waals surface area (Å²) in [5, 5.41) is 24.1. The molecule has 0 radical (unpaired) electrons. The van der Waals surface area contributed by atoms with Crippen molar-refractivity contribution in [3.8, 4) is 17.3 Å². The van der Waals surface area contributed by atoms with Gasteiger partial charge in [-0.1, -0.05) is 0 Å². The van der Waals surface area contributed by atoms with Gasteiger partial charge in [-0.2, -0.15) is 5.26 Å². The van der Waals surface area contributed by atoms with E-state index in [0.717, 1.165) is 17.5 Å². The SMILES string of the molecule is CC(C)N(C)[C@H]1CN(c2ncc3c4c(c(-c5ncc(F)c6sc(NC(=O)OC(C)(C)C)c(C#N)c56)c(F)c3n2)COC4)C[C@H]1O. The molecular weight excluding hydrogens is 604 g/mol. The van der Waals surface area contributed by atoms with E-state index in [4.69, 9.17) is 9.47 Å². The second kappa shape index (κ2) is 11.4. The summed E-state index contributed by atoms with van der Waals surface area (Å²) < 4.78 is 43.1. The molecule has 5 heterocycles. The smallest absolute Gasteiger partial charge is 0.412 e. The number of ether oxygens (including phenoxy) is 2. The van der Waals surface area contributed by atoms with E-state index in [2.05, 4.69) is 25.2 Å². The molecule has 1 amide bonds. The molecule has 6 rings (SSSR count). The van der Waals surface area contributed by atoms with Crippen molar-refractivity contribution < 1.29 is 28.2 Å². The number of β-amino-alcohol motifs (C(OH)–C–C–N with tert-alkyl or cyclic N) is 1. The average molecular weight is 638 g/mol. The first-order chi connectivity index (χ1) is 21.3. The lowest BCUT2D eigenvalue weighted by Crippen LogP contribution is -2.44. The molecule has 0 bridgehead atoms. The lowest BCUT2D eigenvalue weighted by Gasteiger charge is -2.29. The lowest BCUT2D eigenvalue weighted by atomic mass is 9.94. The number of aliphatic hydroxyl groups excluding tert-OH is 1. The summed E-state index contributed by atoms with van der Waals surface area (Å²) in [6, 6.07) is 2.10. The maximum absolute atomic E-state index is 16.8. The number of anilines is 2. The number of halogens is 2. The number of fused-ring (bicyclic) bond motifs is 4. The van der Waals surface area contributed by atoms with E-state index in [-0.39, 0.29) is 75.2 Å². The minimum Gasteiger partial charge on any atom is -0.444 e. The summed E-state index contributed by atoms with van der Waals surface area (Å²) in [5.74, 6) is -1.18. The van der Waals surface area contributed by atoms with E-state index in [9.17, 15) is 15.2 Å². The fourth-order valence-corrected chi connectivity index (χ4v) is 6.91. The molecule has 1 aromatic carbocycles. The van der Waals surface area contributed by atoms with Crippen LogP contribution in [0.4, 0.5) is 24.5 Å². The molecule has 45 heavy (non-hydrogen) atoms. The van der Waals surface area contributed by atoms with Crippen LogP contribution in [0.3, 0.4) is 0 Å². The highest BCUT2D eigenvalue weighted by Crippen LogP contribution is 2.46. The molecule has 2 N–H and O–H groups in total. The highest BCUT2D eigenvalue weighted by molar-refractivity contribution is 7.23. The van der Waals surface area contributed by atoms with Gasteiger partial charge in [0.15, 0.2) is 11.6 Å². The van der Waals surface area contributed by atoms with E-state index in [1.165, 1.54) is 0 Å². The number of thiophene rings is 1. The van der Waals surface area contributed by atoms with Gasteiger partial charge >= 0.3 is 6.09 Å². The van der Waals surface area contributed by atoms with Gasteiger partial charge in [0.1, 0.15) is 22.2 Å². The summed E-state index contributed by atoms with van der Waals surface area (Å²) in [6.07, 6.45) is 1.07. The molecule has 14 heteroatoms. The van der Waals surface area contributed by atoms with Gasteiger partial charge in [0.2, 0.25) is 5.95 Å². The van der Waals surface area contributed by atoms with Crippen LogP contribution in [-0.2, 0) is 22.7 Å². The normalized spacial score (nSPS) is 18.3. The van der Waals surface area contributed by atoms with Crippen molar-refractivity contribution in [1.82, 2.24) is 19.9 Å². The number of aliphatic hydroxyl groups is 1. The van der Waals surface area contributed by atoms with Gasteiger partial charge in [0, 0.05) is 41.7 Å². The number of rotatable bonds is 5. The van der Waals surface area contributed by atoms with Crippen molar-refractivity contribution in [2.45, 2.75) is 71.6 Å². The maximum Gasteiger partial charge on any atom is 0.412 e. The molecule has 2 aliphatic rings. The Morgan fingerprint density at radius 3 is 2.67 bits per heavy atom. The number of carbonyl (C=O) groups excluding carboxylic acids is 1. The van der Waals surface area contributed by atoms with Gasteiger partial charge in [-0.3, -0.25) is 15.2 Å². The quantitative estimate of drug-likeness (QED) is 0.296. The van der Waals surface area contributed by atoms with Gasteiger partial charge in [-0.25, -0.2) is 23.5 Å². The number of pyridine rings is 1. The van der Waals surface area contributed by atoms with Crippen LogP contribution in [0.2, 0.25) is 0 Å². The Morgan fingerprint density at radius 2 is 1.98 bits per heavy atom. The topological polar surface area (TPSA) is 137 Å². The average Bonchev–Trinajstić information content (AvgIpc) is 3.70. The van der Waals surface area contributed by atoms with Crippen molar-refractivity contribution >= 4 is 49.4 Å². The first kappa shape index (κ1) is 31.0. The fourth-order valence-electron chi connectivity index (χ4n) is 5.87. The number of nitrogens with zero attached hydrogens (tertiary/aromatic N) is 6. The molecule has 1 saturated heterocycles. The van der Waals surface area contributed by atoms with Crippen LogP contribution in [0.5, 0.6) is 0 Å². The Balaban J connectivity index is 1.50. The maximum atomic E-state index is 16.8. The number of likely N-dealkylation sites (N-methyl/N-ethyl adjacent to an activating group) is 1. The molecule has 0 saturated carbocycles. The molecule has 2 atom stereocenters. The minimum atomic E-state index is -0.815. The summed E-state index contributed by atoms with van der Waals surface area (Å²) in [6.45, 7) is 10.2. The fraction of sp³-hybridized carbons (Fsp3) is 0.452. The lowest BCUT2D eigenvalue weighted by molar-refractivity contribution is 0.0636. The van der Waals surface area contributed by atoms with Gasteiger partial charge in [-0.05, 0) is 52.8 Å². The second-order valence-corrected chi connectivity index (χ2v) is 13.6. The third kappa shape index (κ3) is 5.43. The number of carbonyl (C=O) groups is 1. The molecular formula is C31H33F2N7O4S. The Morgan fingerprint density at radius 1 is 1.24 bits per heavy atom. The molecule has 11 nitrogen and oxygen atoms in total. The molecule has 0 unspecified atom stereocenters. The van der Waals surface area contributed by atoms with E-state index in [1.54, 1.807) is 27.0 Å². The number of hydrogen-bond donors (Lipinski definition) is 2. The second-order valence-electron chi connectivity index (χ2n) is 12.6. The number of hydrogen-bond acceptors (Lipinski definition) is 11. The van der Waals surface area contributed by atoms with Crippen LogP contribution in [0.25, 0.3) is 32.2 Å². The van der Waals surface area contributed by atoms with Crippen molar-refractivity contribution in [3.63, 3.8) is 0 Å². The van der Waals surface area contributed by atoms with E-state index in [0.29, 0.717) is 23.1 Å². The van der Waals surface area contributed by atoms with Gasteiger partial charge < -0.3 is 19.5 Å². The number of benzene rings is 1. The highest BCUT2D eigenvalue weighted by Gasteiger charge is 2.37. The molecule has 2 aliphatic heterocycles. The van der Waals surface area contributed by atoms with E-state index < -0.39 is 29.4 Å². The molecule has 4 aromatic rings. The Hall–Kier alpha value is -4.03. The number of nitriles is 1. The number of aromatic nitrogens is 3. The third-order valence-corrected chi connectivity index (χ3v) is 9.31. The summed E-state index contributed by atoms with van der Waals surface area (Å²) in [4.78, 5) is 29.9. The standard InChI is InChI=1S/C31H33F2N7O4S/c1-14(2)39(6)20-10-40(11-21(20)41)29-36-8-16-17-12-43-13-18(17)22(24(33)25(16)37-29)26-23-15(7-34)28(38-30(42)44-31(3,4)5)45-27(23)19(32)9-35-26/h8-9,14,20-21,41H,10-13H2,1-6H3,(H,38,42)/t20-,21+/m0/s1. The molecule has 1 fully saturated rings. The van der Waals surface area contributed by atoms with Gasteiger partial charge in [-0.15, -0.1) is 11.3 Å². The largest absolute Gasteiger partial charge is 0.444 e. The van der Waals surface area contributed by atoms with Crippen LogP contribution in [-0.4, -0.2) is 75.0 Å². The van der Waals surface area contributed by atoms with Gasteiger partial charge in [0.05, 0.1) is 47.5 Å². The molecule has 236 valence electrons. The minimum absolute atomic E-state index is 0.0227. The van der Waals surface area contributed by atoms with Crippen LogP contribution < -0.4 is 10.2 Å². The van der Waals surface area contributed by atoms with E-state index in [1.807, 2.05) is 31.9 Å². The predicted octanol–water partition coefficient (Wildman–Crippen LogP) is 5.32. The summed E-state index contributed by atoms with van der Waals surface area (Å²) in [5.41, 5.74) is 0.406. The molecule has 3 aromatic heterocycles. The Bertz CT molecular complexity index is 1880. The summed E-state index contributed by atoms with van der Waals surface area (Å²) in [7, 11) is 1.95. The third-order valence-electron chi connectivity index (χ3n) is 8.20. The Kier molecular flexibility index (Phi) is 7.85. The Labute approximate surface area is 262 Å². The van der Waals surface area contributed by atoms with Crippen molar-refractivity contribution in [2.75, 3.05) is 30.4 Å². The molecule has 0 aliphatic carbocycles. The van der Waals surface area contributed by atoms with Crippen molar-refractivity contribution in [1.29, 1.82) is 5.26 Å².